The first-order valence-electron chi connectivity index (χ1n) is 5.38. The van der Waals surface area contributed by atoms with Gasteiger partial charge in [-0.2, -0.15) is 4.31 Å². The fraction of sp³-hybridized carbons (Fsp3) is 1.00. The van der Waals surface area contributed by atoms with E-state index in [9.17, 15) is 8.42 Å². The van der Waals surface area contributed by atoms with E-state index in [0.717, 1.165) is 19.5 Å². The zero-order chi connectivity index (χ0) is 11.5. The lowest BCUT2D eigenvalue weighted by Gasteiger charge is -2.37. The van der Waals surface area contributed by atoms with E-state index in [0.29, 0.717) is 25.7 Å². The average molecular weight is 235 g/mol. The molecular weight excluding hydrogens is 214 g/mol. The van der Waals surface area contributed by atoms with Crippen LogP contribution in [0.15, 0.2) is 0 Å². The third kappa shape index (κ3) is 3.41. The Morgan fingerprint density at radius 3 is 2.13 bits per heavy atom. The van der Waals surface area contributed by atoms with E-state index in [2.05, 4.69) is 11.8 Å². The molecule has 1 atom stereocenters. The zero-order valence-electron chi connectivity index (χ0n) is 9.52. The minimum absolute atomic E-state index is 0.395. The molecule has 0 aromatic rings. The monoisotopic (exact) mass is 235 g/mol. The maximum Gasteiger partial charge on any atom is 0.211 e. The van der Waals surface area contributed by atoms with Crippen molar-refractivity contribution in [2.45, 2.75) is 19.4 Å². The van der Waals surface area contributed by atoms with Crippen LogP contribution in [0, 0.1) is 0 Å². The van der Waals surface area contributed by atoms with E-state index in [-0.39, 0.29) is 0 Å². The van der Waals surface area contributed by atoms with Gasteiger partial charge < -0.3 is 5.73 Å². The summed E-state index contributed by atoms with van der Waals surface area (Å²) in [4.78, 5) is 2.28. The van der Waals surface area contributed by atoms with E-state index in [1.165, 1.54) is 10.6 Å². The molecule has 1 saturated heterocycles. The van der Waals surface area contributed by atoms with Crippen molar-refractivity contribution in [3.63, 3.8) is 0 Å². The molecule has 0 radical (unpaired) electrons. The Labute approximate surface area is 92.3 Å². The Bertz CT molecular complexity index is 280. The molecule has 90 valence electrons. The molecule has 15 heavy (non-hydrogen) atoms. The SMILES string of the molecule is CCC(CN)N1CCN(S(C)(=O)=O)CC1. The fourth-order valence-corrected chi connectivity index (χ4v) is 2.80. The molecule has 0 bridgehead atoms. The first-order valence-corrected chi connectivity index (χ1v) is 7.23. The van der Waals surface area contributed by atoms with Gasteiger partial charge in [-0.3, -0.25) is 4.90 Å². The lowest BCUT2D eigenvalue weighted by molar-refractivity contribution is 0.137. The molecule has 0 spiro atoms. The van der Waals surface area contributed by atoms with Crippen LogP contribution in [0.4, 0.5) is 0 Å². The van der Waals surface area contributed by atoms with E-state index in [1.807, 2.05) is 0 Å². The number of hydrogen-bond acceptors (Lipinski definition) is 4. The standard InChI is InChI=1S/C9H21N3O2S/c1-3-9(8-10)11-4-6-12(7-5-11)15(2,13)14/h9H,3-8,10H2,1-2H3. The third-order valence-corrected chi connectivity index (χ3v) is 4.31. The van der Waals surface area contributed by atoms with Crippen LogP contribution in [0.5, 0.6) is 0 Å². The summed E-state index contributed by atoms with van der Waals surface area (Å²) in [6, 6.07) is 0.395. The van der Waals surface area contributed by atoms with Gasteiger partial charge in [-0.05, 0) is 6.42 Å². The smallest absolute Gasteiger partial charge is 0.211 e. The van der Waals surface area contributed by atoms with Gasteiger partial charge >= 0.3 is 0 Å². The van der Waals surface area contributed by atoms with Crippen LogP contribution in [-0.2, 0) is 10.0 Å². The molecule has 1 unspecified atom stereocenters. The zero-order valence-corrected chi connectivity index (χ0v) is 10.3. The summed E-state index contributed by atoms with van der Waals surface area (Å²) in [7, 11) is -3.01. The van der Waals surface area contributed by atoms with Crippen LogP contribution < -0.4 is 5.73 Å². The minimum atomic E-state index is -3.01. The molecule has 0 aliphatic carbocycles. The Hall–Kier alpha value is -0.170. The highest BCUT2D eigenvalue weighted by atomic mass is 32.2. The van der Waals surface area contributed by atoms with E-state index in [4.69, 9.17) is 5.73 Å². The van der Waals surface area contributed by atoms with Crippen molar-refractivity contribution in [3.05, 3.63) is 0 Å². The number of nitrogens with two attached hydrogens (primary N) is 1. The van der Waals surface area contributed by atoms with Crippen LogP contribution >= 0.6 is 0 Å². The summed E-state index contributed by atoms with van der Waals surface area (Å²) in [6.45, 7) is 5.53. The topological polar surface area (TPSA) is 66.6 Å². The van der Waals surface area contributed by atoms with E-state index in [1.54, 1.807) is 0 Å². The molecule has 6 heteroatoms. The summed E-state index contributed by atoms with van der Waals surface area (Å²) in [5.41, 5.74) is 5.66. The van der Waals surface area contributed by atoms with Gasteiger partial charge in [0.1, 0.15) is 0 Å². The Kier molecular flexibility index (Phi) is 4.51. The minimum Gasteiger partial charge on any atom is -0.329 e. The van der Waals surface area contributed by atoms with Crippen LogP contribution in [0.1, 0.15) is 13.3 Å². The highest BCUT2D eigenvalue weighted by Gasteiger charge is 2.26. The lowest BCUT2D eigenvalue weighted by atomic mass is 10.1. The quantitative estimate of drug-likeness (QED) is 0.700. The lowest BCUT2D eigenvalue weighted by Crippen LogP contribution is -2.53. The molecule has 0 saturated carbocycles. The molecule has 0 aromatic carbocycles. The summed E-state index contributed by atoms with van der Waals surface area (Å²) >= 11 is 0. The van der Waals surface area contributed by atoms with Gasteiger partial charge in [0.15, 0.2) is 0 Å². The summed E-state index contributed by atoms with van der Waals surface area (Å²) in [6.07, 6.45) is 2.29. The highest BCUT2D eigenvalue weighted by molar-refractivity contribution is 7.88. The molecule has 0 amide bonds. The molecule has 0 aromatic heterocycles. The van der Waals surface area contributed by atoms with Gasteiger partial charge in [-0.1, -0.05) is 6.92 Å². The number of nitrogens with zero attached hydrogens (tertiary/aromatic N) is 2. The number of piperazine rings is 1. The first-order chi connectivity index (χ1) is 6.99. The maximum atomic E-state index is 11.3. The molecule has 1 fully saturated rings. The molecule has 1 heterocycles. The third-order valence-electron chi connectivity index (χ3n) is 3.00. The van der Waals surface area contributed by atoms with Gasteiger partial charge in [0.2, 0.25) is 10.0 Å². The van der Waals surface area contributed by atoms with Crippen molar-refractivity contribution in [1.29, 1.82) is 0 Å². The Morgan fingerprint density at radius 1 is 1.27 bits per heavy atom. The van der Waals surface area contributed by atoms with Crippen molar-refractivity contribution in [1.82, 2.24) is 9.21 Å². The van der Waals surface area contributed by atoms with Crippen LogP contribution in [0.2, 0.25) is 0 Å². The second kappa shape index (κ2) is 5.25. The molecular formula is C9H21N3O2S. The average Bonchev–Trinajstić information content (AvgIpc) is 2.19. The maximum absolute atomic E-state index is 11.3. The van der Waals surface area contributed by atoms with Crippen LogP contribution in [0.3, 0.4) is 0 Å². The van der Waals surface area contributed by atoms with Crippen molar-refractivity contribution in [3.8, 4) is 0 Å². The van der Waals surface area contributed by atoms with Crippen molar-refractivity contribution in [2.24, 2.45) is 5.73 Å². The number of hydrogen-bond donors (Lipinski definition) is 1. The fourth-order valence-electron chi connectivity index (χ4n) is 1.97. The second-order valence-electron chi connectivity index (χ2n) is 4.00. The van der Waals surface area contributed by atoms with Crippen molar-refractivity contribution < 1.29 is 8.42 Å². The van der Waals surface area contributed by atoms with Gasteiger partial charge in [-0.15, -0.1) is 0 Å². The van der Waals surface area contributed by atoms with Crippen LogP contribution in [-0.4, -0.2) is 62.6 Å². The second-order valence-corrected chi connectivity index (χ2v) is 5.98. The molecule has 1 aliphatic rings. The van der Waals surface area contributed by atoms with Crippen molar-refractivity contribution >= 4 is 10.0 Å². The normalized spacial score (nSPS) is 22.9. The largest absolute Gasteiger partial charge is 0.329 e. The Balaban J connectivity index is 2.49. The van der Waals surface area contributed by atoms with Gasteiger partial charge in [0.25, 0.3) is 0 Å². The molecule has 1 aliphatic heterocycles. The van der Waals surface area contributed by atoms with E-state index < -0.39 is 10.0 Å². The van der Waals surface area contributed by atoms with E-state index >= 15 is 0 Å². The van der Waals surface area contributed by atoms with Gasteiger partial charge in [-0.25, -0.2) is 8.42 Å². The van der Waals surface area contributed by atoms with Crippen molar-refractivity contribution in [2.75, 3.05) is 39.0 Å². The predicted molar refractivity (Wildman–Crippen MR) is 61.1 cm³/mol. The van der Waals surface area contributed by atoms with Crippen LogP contribution in [0.25, 0.3) is 0 Å². The molecule has 5 nitrogen and oxygen atoms in total. The number of rotatable bonds is 4. The summed E-state index contributed by atoms with van der Waals surface area (Å²) < 4.78 is 24.1. The Morgan fingerprint density at radius 2 is 1.80 bits per heavy atom. The van der Waals surface area contributed by atoms with Gasteiger partial charge in [0.05, 0.1) is 6.26 Å². The summed E-state index contributed by atoms with van der Waals surface area (Å²) in [5.74, 6) is 0. The molecule has 2 N–H and O–H groups in total. The van der Waals surface area contributed by atoms with Gasteiger partial charge in [0, 0.05) is 38.8 Å². The number of sulfonamides is 1. The highest BCUT2D eigenvalue weighted by Crippen LogP contribution is 2.10. The predicted octanol–water partition coefficient (Wildman–Crippen LogP) is -0.699. The molecule has 1 rings (SSSR count). The summed E-state index contributed by atoms with van der Waals surface area (Å²) in [5, 5.41) is 0. The first kappa shape index (κ1) is 12.9.